The fourth-order valence-corrected chi connectivity index (χ4v) is 1.37. The topological polar surface area (TPSA) is 30.9 Å². The average molecular weight is 227 g/mol. The number of halogens is 2. The predicted molar refractivity (Wildman–Crippen MR) is 60.9 cm³/mol. The SMILES string of the molecule is Cl.NCc1ccn(-c2ccccc2F)c1. The van der Waals surface area contributed by atoms with Crippen molar-refractivity contribution in [2.45, 2.75) is 6.54 Å². The Morgan fingerprint density at radius 1 is 1.20 bits per heavy atom. The van der Waals surface area contributed by atoms with Gasteiger partial charge in [-0.25, -0.2) is 4.39 Å². The molecule has 15 heavy (non-hydrogen) atoms. The molecule has 1 aromatic heterocycles. The minimum Gasteiger partial charge on any atom is -0.326 e. The van der Waals surface area contributed by atoms with Gasteiger partial charge < -0.3 is 10.3 Å². The number of rotatable bonds is 2. The molecule has 0 fully saturated rings. The van der Waals surface area contributed by atoms with Crippen LogP contribution in [0.25, 0.3) is 5.69 Å². The van der Waals surface area contributed by atoms with Crippen molar-refractivity contribution < 1.29 is 4.39 Å². The van der Waals surface area contributed by atoms with E-state index in [1.165, 1.54) is 6.07 Å². The highest BCUT2D eigenvalue weighted by molar-refractivity contribution is 5.85. The quantitative estimate of drug-likeness (QED) is 0.838. The van der Waals surface area contributed by atoms with E-state index in [0.29, 0.717) is 12.2 Å². The molecule has 0 saturated carbocycles. The molecule has 0 aliphatic carbocycles. The zero-order valence-electron chi connectivity index (χ0n) is 8.06. The maximum Gasteiger partial charge on any atom is 0.147 e. The first-order valence-electron chi connectivity index (χ1n) is 4.43. The highest BCUT2D eigenvalue weighted by Crippen LogP contribution is 2.13. The Hall–Kier alpha value is -1.32. The minimum absolute atomic E-state index is 0. The monoisotopic (exact) mass is 226 g/mol. The van der Waals surface area contributed by atoms with Gasteiger partial charge in [-0.3, -0.25) is 0 Å². The molecule has 0 aliphatic heterocycles. The number of nitrogens with zero attached hydrogens (tertiary/aromatic N) is 1. The number of hydrogen-bond acceptors (Lipinski definition) is 1. The van der Waals surface area contributed by atoms with Gasteiger partial charge in [0.1, 0.15) is 5.82 Å². The molecule has 0 radical (unpaired) electrons. The van der Waals surface area contributed by atoms with Gasteiger partial charge in [-0.05, 0) is 23.8 Å². The molecule has 2 nitrogen and oxygen atoms in total. The van der Waals surface area contributed by atoms with Crippen LogP contribution in [0, 0.1) is 5.82 Å². The maximum absolute atomic E-state index is 13.3. The Morgan fingerprint density at radius 3 is 2.53 bits per heavy atom. The number of benzene rings is 1. The predicted octanol–water partition coefficient (Wildman–Crippen LogP) is 2.50. The third kappa shape index (κ3) is 2.37. The van der Waals surface area contributed by atoms with E-state index in [0.717, 1.165) is 5.56 Å². The third-order valence-electron chi connectivity index (χ3n) is 2.12. The molecule has 0 atom stereocenters. The van der Waals surface area contributed by atoms with Crippen molar-refractivity contribution in [3.8, 4) is 5.69 Å². The first-order chi connectivity index (χ1) is 6.81. The van der Waals surface area contributed by atoms with Crippen LogP contribution in [-0.2, 0) is 6.54 Å². The van der Waals surface area contributed by atoms with Gasteiger partial charge in [0.15, 0.2) is 0 Å². The normalized spacial score (nSPS) is 9.73. The van der Waals surface area contributed by atoms with Crippen molar-refractivity contribution >= 4 is 12.4 Å². The van der Waals surface area contributed by atoms with Crippen LogP contribution in [0.15, 0.2) is 42.7 Å². The molecule has 0 unspecified atom stereocenters. The summed E-state index contributed by atoms with van der Waals surface area (Å²) in [6, 6.07) is 8.53. The van der Waals surface area contributed by atoms with Crippen molar-refractivity contribution in [1.29, 1.82) is 0 Å². The summed E-state index contributed by atoms with van der Waals surface area (Å²) in [6.45, 7) is 0.474. The summed E-state index contributed by atoms with van der Waals surface area (Å²) in [4.78, 5) is 0. The van der Waals surface area contributed by atoms with E-state index in [-0.39, 0.29) is 18.2 Å². The molecule has 0 aliphatic rings. The van der Waals surface area contributed by atoms with E-state index in [2.05, 4.69) is 0 Å². The molecule has 2 rings (SSSR count). The fourth-order valence-electron chi connectivity index (χ4n) is 1.37. The van der Waals surface area contributed by atoms with Gasteiger partial charge >= 0.3 is 0 Å². The zero-order chi connectivity index (χ0) is 9.97. The molecule has 0 spiro atoms. The Kier molecular flexibility index (Phi) is 3.88. The van der Waals surface area contributed by atoms with Crippen LogP contribution in [0.5, 0.6) is 0 Å². The average Bonchev–Trinajstić information content (AvgIpc) is 2.67. The second-order valence-corrected chi connectivity index (χ2v) is 3.08. The lowest BCUT2D eigenvalue weighted by Gasteiger charge is -2.03. The Bertz CT molecular complexity index is 440. The van der Waals surface area contributed by atoms with Crippen LogP contribution < -0.4 is 5.73 Å². The lowest BCUT2D eigenvalue weighted by molar-refractivity contribution is 0.618. The number of para-hydroxylation sites is 1. The summed E-state index contributed by atoms with van der Waals surface area (Å²) >= 11 is 0. The van der Waals surface area contributed by atoms with E-state index in [1.807, 2.05) is 12.3 Å². The molecule has 80 valence electrons. The van der Waals surface area contributed by atoms with Gasteiger partial charge in [0.25, 0.3) is 0 Å². The van der Waals surface area contributed by atoms with Crippen molar-refractivity contribution in [2.75, 3.05) is 0 Å². The van der Waals surface area contributed by atoms with E-state index in [9.17, 15) is 4.39 Å². The first kappa shape index (κ1) is 11.8. The lowest BCUT2D eigenvalue weighted by Crippen LogP contribution is -1.96. The van der Waals surface area contributed by atoms with Crippen LogP contribution in [-0.4, -0.2) is 4.57 Å². The van der Waals surface area contributed by atoms with E-state index >= 15 is 0 Å². The van der Waals surface area contributed by atoms with Gasteiger partial charge in [-0.15, -0.1) is 12.4 Å². The van der Waals surface area contributed by atoms with E-state index < -0.39 is 0 Å². The third-order valence-corrected chi connectivity index (χ3v) is 2.12. The Balaban J connectivity index is 0.00000112. The number of hydrogen-bond donors (Lipinski definition) is 1. The van der Waals surface area contributed by atoms with Crippen molar-refractivity contribution in [2.24, 2.45) is 5.73 Å². The summed E-state index contributed by atoms with van der Waals surface area (Å²) in [5, 5.41) is 0. The van der Waals surface area contributed by atoms with Crippen LogP contribution in [0.1, 0.15) is 5.56 Å². The highest BCUT2D eigenvalue weighted by atomic mass is 35.5. The van der Waals surface area contributed by atoms with Crippen molar-refractivity contribution in [3.63, 3.8) is 0 Å². The van der Waals surface area contributed by atoms with Gasteiger partial charge in [-0.1, -0.05) is 12.1 Å². The molecular formula is C11H12ClFN2. The summed E-state index contributed by atoms with van der Waals surface area (Å²) in [6.07, 6.45) is 3.64. The number of nitrogens with two attached hydrogens (primary N) is 1. The molecule has 2 N–H and O–H groups in total. The maximum atomic E-state index is 13.3. The Labute approximate surface area is 93.9 Å². The molecule has 2 aromatic rings. The van der Waals surface area contributed by atoms with Crippen molar-refractivity contribution in [3.05, 3.63) is 54.1 Å². The zero-order valence-corrected chi connectivity index (χ0v) is 8.88. The second-order valence-electron chi connectivity index (χ2n) is 3.08. The van der Waals surface area contributed by atoms with E-state index in [1.54, 1.807) is 29.0 Å². The van der Waals surface area contributed by atoms with E-state index in [4.69, 9.17) is 5.73 Å². The molecule has 0 amide bonds. The summed E-state index contributed by atoms with van der Waals surface area (Å²) in [5.41, 5.74) is 7.01. The largest absolute Gasteiger partial charge is 0.326 e. The summed E-state index contributed by atoms with van der Waals surface area (Å²) in [7, 11) is 0. The summed E-state index contributed by atoms with van der Waals surface area (Å²) in [5.74, 6) is -0.230. The van der Waals surface area contributed by atoms with Crippen molar-refractivity contribution in [1.82, 2.24) is 4.57 Å². The van der Waals surface area contributed by atoms with Gasteiger partial charge in [0, 0.05) is 18.9 Å². The van der Waals surface area contributed by atoms with Gasteiger partial charge in [0.2, 0.25) is 0 Å². The fraction of sp³-hybridized carbons (Fsp3) is 0.0909. The standard InChI is InChI=1S/C11H11FN2.ClH/c12-10-3-1-2-4-11(10)14-6-5-9(7-13)8-14;/h1-6,8H,7,13H2;1H. The van der Waals surface area contributed by atoms with Crippen LogP contribution in [0.3, 0.4) is 0 Å². The van der Waals surface area contributed by atoms with Crippen LogP contribution >= 0.6 is 12.4 Å². The Morgan fingerprint density at radius 2 is 1.93 bits per heavy atom. The molecule has 1 heterocycles. The smallest absolute Gasteiger partial charge is 0.147 e. The number of aromatic nitrogens is 1. The molecule has 0 saturated heterocycles. The molecule has 4 heteroatoms. The van der Waals surface area contributed by atoms with Crippen LogP contribution in [0.4, 0.5) is 4.39 Å². The lowest BCUT2D eigenvalue weighted by atomic mass is 10.3. The molecule has 0 bridgehead atoms. The molecule has 1 aromatic carbocycles. The highest BCUT2D eigenvalue weighted by Gasteiger charge is 2.02. The van der Waals surface area contributed by atoms with Gasteiger partial charge in [-0.2, -0.15) is 0 Å². The minimum atomic E-state index is -0.230. The van der Waals surface area contributed by atoms with Gasteiger partial charge in [0.05, 0.1) is 5.69 Å². The first-order valence-corrected chi connectivity index (χ1v) is 4.43. The second kappa shape index (κ2) is 4.96. The molecular weight excluding hydrogens is 215 g/mol. The van der Waals surface area contributed by atoms with Crippen LogP contribution in [0.2, 0.25) is 0 Å². The summed E-state index contributed by atoms with van der Waals surface area (Å²) < 4.78 is 15.1.